The molecule has 2 heterocycles. The van der Waals surface area contributed by atoms with Crippen molar-refractivity contribution < 1.29 is 17.6 Å². The number of nitrogen functional groups attached to an aromatic ring is 1. The van der Waals surface area contributed by atoms with Gasteiger partial charge in [-0.2, -0.15) is 0 Å². The van der Waals surface area contributed by atoms with E-state index >= 15 is 0 Å². The standard InChI is InChI=1S/C11H14F2N2.C10H11BrF2N2/c12-10(13)8-5-6-15-11(14)9(8)7-3-1-2-4-7;11-8-5-14-9(4-7(8)10(12)13)15-6-2-1-3-6/h5-7,10H,1-4H2,(H2,14,15);4-6,10H,1-3H2,(H,14,15). The van der Waals surface area contributed by atoms with Crippen molar-refractivity contribution in [2.24, 2.45) is 0 Å². The molecule has 0 aliphatic heterocycles. The largest absolute Gasteiger partial charge is 0.383 e. The molecule has 2 aliphatic rings. The number of nitrogens with two attached hydrogens (primary N) is 1. The molecule has 0 atom stereocenters. The maximum Gasteiger partial charge on any atom is 0.265 e. The Kier molecular flexibility index (Phi) is 7.91. The molecular weight excluding hydrogens is 464 g/mol. The molecule has 164 valence electrons. The third-order valence-electron chi connectivity index (χ3n) is 5.63. The molecule has 0 saturated heterocycles. The lowest BCUT2D eigenvalue weighted by Crippen LogP contribution is -2.27. The predicted molar refractivity (Wildman–Crippen MR) is 113 cm³/mol. The van der Waals surface area contributed by atoms with E-state index < -0.39 is 12.9 Å². The Hall–Kier alpha value is -1.90. The Bertz CT molecular complexity index is 840. The third-order valence-corrected chi connectivity index (χ3v) is 6.29. The van der Waals surface area contributed by atoms with Gasteiger partial charge in [-0.15, -0.1) is 0 Å². The number of hydrogen-bond acceptors (Lipinski definition) is 4. The van der Waals surface area contributed by atoms with Crippen molar-refractivity contribution in [3.05, 3.63) is 45.7 Å². The zero-order valence-corrected chi connectivity index (χ0v) is 18.0. The van der Waals surface area contributed by atoms with Crippen molar-refractivity contribution in [2.75, 3.05) is 11.1 Å². The van der Waals surface area contributed by atoms with Gasteiger partial charge >= 0.3 is 0 Å². The summed E-state index contributed by atoms with van der Waals surface area (Å²) < 4.78 is 51.0. The van der Waals surface area contributed by atoms with Crippen LogP contribution in [0.25, 0.3) is 0 Å². The molecular formula is C21H25BrF4N4. The smallest absolute Gasteiger partial charge is 0.265 e. The molecule has 0 bridgehead atoms. The van der Waals surface area contributed by atoms with E-state index in [0.29, 0.717) is 21.9 Å². The first kappa shape index (κ1) is 22.8. The molecule has 4 nitrogen and oxygen atoms in total. The molecule has 3 N–H and O–H groups in total. The van der Waals surface area contributed by atoms with Crippen molar-refractivity contribution in [3.63, 3.8) is 0 Å². The highest BCUT2D eigenvalue weighted by Crippen LogP contribution is 2.40. The molecule has 0 radical (unpaired) electrons. The van der Waals surface area contributed by atoms with Crippen LogP contribution in [0.1, 0.15) is 80.4 Å². The fraction of sp³-hybridized carbons (Fsp3) is 0.524. The fourth-order valence-electron chi connectivity index (χ4n) is 3.82. The Balaban J connectivity index is 0.000000171. The number of alkyl halides is 4. The minimum atomic E-state index is -2.47. The van der Waals surface area contributed by atoms with Crippen LogP contribution < -0.4 is 11.1 Å². The number of rotatable bonds is 5. The van der Waals surface area contributed by atoms with E-state index in [9.17, 15) is 17.6 Å². The van der Waals surface area contributed by atoms with E-state index in [1.807, 2.05) is 0 Å². The highest BCUT2D eigenvalue weighted by Gasteiger charge is 2.25. The van der Waals surface area contributed by atoms with Crippen LogP contribution in [0.3, 0.4) is 0 Å². The van der Waals surface area contributed by atoms with Crippen molar-refractivity contribution in [1.82, 2.24) is 9.97 Å². The van der Waals surface area contributed by atoms with E-state index in [1.54, 1.807) is 0 Å². The molecule has 9 heteroatoms. The van der Waals surface area contributed by atoms with Gasteiger partial charge in [0.15, 0.2) is 0 Å². The molecule has 0 spiro atoms. The first-order valence-electron chi connectivity index (χ1n) is 10.1. The van der Waals surface area contributed by atoms with Crippen LogP contribution in [0, 0.1) is 0 Å². The second kappa shape index (κ2) is 10.4. The second-order valence-electron chi connectivity index (χ2n) is 7.65. The molecule has 30 heavy (non-hydrogen) atoms. The number of nitrogens with one attached hydrogen (secondary N) is 1. The molecule has 0 amide bonds. The first-order chi connectivity index (χ1) is 14.4. The van der Waals surface area contributed by atoms with Gasteiger partial charge < -0.3 is 11.1 Å². The average molecular weight is 489 g/mol. The van der Waals surface area contributed by atoms with E-state index in [4.69, 9.17) is 5.73 Å². The Morgan fingerprint density at radius 2 is 1.63 bits per heavy atom. The summed E-state index contributed by atoms with van der Waals surface area (Å²) in [6, 6.07) is 3.20. The van der Waals surface area contributed by atoms with Gasteiger partial charge in [0.05, 0.1) is 0 Å². The van der Waals surface area contributed by atoms with Crippen LogP contribution >= 0.6 is 15.9 Å². The lowest BCUT2D eigenvalue weighted by atomic mass is 9.93. The lowest BCUT2D eigenvalue weighted by Gasteiger charge is -2.27. The van der Waals surface area contributed by atoms with Gasteiger partial charge in [0.25, 0.3) is 12.9 Å². The average Bonchev–Trinajstić information content (AvgIpc) is 3.20. The summed E-state index contributed by atoms with van der Waals surface area (Å²) in [6.45, 7) is 0. The molecule has 2 aromatic rings. The number of aromatic nitrogens is 2. The predicted octanol–water partition coefficient (Wildman–Crippen LogP) is 7.01. The quantitative estimate of drug-likeness (QED) is 0.444. The number of hydrogen-bond donors (Lipinski definition) is 2. The Morgan fingerprint density at radius 1 is 0.967 bits per heavy atom. The maximum atomic E-state index is 12.8. The first-order valence-corrected chi connectivity index (χ1v) is 10.9. The van der Waals surface area contributed by atoms with E-state index in [0.717, 1.165) is 38.5 Å². The van der Waals surface area contributed by atoms with Gasteiger partial charge in [-0.05, 0) is 66.1 Å². The van der Waals surface area contributed by atoms with Crippen LogP contribution in [-0.4, -0.2) is 16.0 Å². The molecule has 2 saturated carbocycles. The summed E-state index contributed by atoms with van der Waals surface area (Å²) in [5.74, 6) is 1.00. The summed E-state index contributed by atoms with van der Waals surface area (Å²) in [6.07, 6.45) is 5.36. The number of nitrogens with zero attached hydrogens (tertiary/aromatic N) is 2. The van der Waals surface area contributed by atoms with Crippen LogP contribution in [-0.2, 0) is 0 Å². The van der Waals surface area contributed by atoms with E-state index in [1.165, 1.54) is 30.9 Å². The van der Waals surface area contributed by atoms with Crippen molar-refractivity contribution in [1.29, 1.82) is 0 Å². The van der Waals surface area contributed by atoms with E-state index in [-0.39, 0.29) is 22.9 Å². The molecule has 2 fully saturated rings. The van der Waals surface area contributed by atoms with Crippen LogP contribution in [0.5, 0.6) is 0 Å². The van der Waals surface area contributed by atoms with Gasteiger partial charge in [0, 0.05) is 39.6 Å². The summed E-state index contributed by atoms with van der Waals surface area (Å²) in [4.78, 5) is 7.96. The zero-order valence-electron chi connectivity index (χ0n) is 16.4. The molecule has 2 aliphatic carbocycles. The molecule has 0 unspecified atom stereocenters. The Morgan fingerprint density at radius 3 is 2.20 bits per heavy atom. The number of halogens is 5. The number of anilines is 2. The zero-order chi connectivity index (χ0) is 21.7. The van der Waals surface area contributed by atoms with Crippen molar-refractivity contribution in [3.8, 4) is 0 Å². The topological polar surface area (TPSA) is 63.8 Å². The minimum absolute atomic E-state index is 0.00757. The lowest BCUT2D eigenvalue weighted by molar-refractivity contribution is 0.149. The van der Waals surface area contributed by atoms with Gasteiger partial charge in [0.1, 0.15) is 11.6 Å². The van der Waals surface area contributed by atoms with Crippen molar-refractivity contribution in [2.45, 2.75) is 69.8 Å². The maximum absolute atomic E-state index is 12.8. The Labute approximate surface area is 181 Å². The highest BCUT2D eigenvalue weighted by atomic mass is 79.9. The van der Waals surface area contributed by atoms with Crippen molar-refractivity contribution >= 4 is 27.6 Å². The van der Waals surface area contributed by atoms with Crippen LogP contribution in [0.15, 0.2) is 29.0 Å². The summed E-state index contributed by atoms with van der Waals surface area (Å²) >= 11 is 3.06. The summed E-state index contributed by atoms with van der Waals surface area (Å²) in [7, 11) is 0. The monoisotopic (exact) mass is 488 g/mol. The van der Waals surface area contributed by atoms with Crippen LogP contribution in [0.4, 0.5) is 29.2 Å². The molecule has 4 rings (SSSR count). The highest BCUT2D eigenvalue weighted by molar-refractivity contribution is 9.10. The van der Waals surface area contributed by atoms with E-state index in [2.05, 4.69) is 31.2 Å². The van der Waals surface area contributed by atoms with Gasteiger partial charge in [-0.1, -0.05) is 12.8 Å². The summed E-state index contributed by atoms with van der Waals surface area (Å²) in [5, 5.41) is 3.14. The van der Waals surface area contributed by atoms with Crippen LogP contribution in [0.2, 0.25) is 0 Å². The van der Waals surface area contributed by atoms with Gasteiger partial charge in [-0.25, -0.2) is 27.5 Å². The summed E-state index contributed by atoms with van der Waals surface area (Å²) in [5.41, 5.74) is 6.34. The minimum Gasteiger partial charge on any atom is -0.383 e. The SMILES string of the molecule is FC(F)c1cc(NC2CCC2)ncc1Br.Nc1nccc(C(F)F)c1C1CCCC1. The van der Waals surface area contributed by atoms with Gasteiger partial charge in [-0.3, -0.25) is 0 Å². The fourth-order valence-corrected chi connectivity index (χ4v) is 4.21. The van der Waals surface area contributed by atoms with Gasteiger partial charge in [0.2, 0.25) is 0 Å². The molecule has 0 aromatic carbocycles. The number of pyridine rings is 2. The third kappa shape index (κ3) is 5.62. The second-order valence-corrected chi connectivity index (χ2v) is 8.50. The molecule has 2 aromatic heterocycles. The normalized spacial score (nSPS) is 17.0.